The summed E-state index contributed by atoms with van der Waals surface area (Å²) >= 11 is 0. The van der Waals surface area contributed by atoms with Crippen LogP contribution >= 0.6 is 0 Å². The Morgan fingerprint density at radius 3 is 1.26 bits per heavy atom. The first kappa shape index (κ1) is 55.5. The maximum atomic E-state index is 13.6. The highest BCUT2D eigenvalue weighted by Gasteiger charge is 2.70. The summed E-state index contributed by atoms with van der Waals surface area (Å²) in [6, 6.07) is 0. The molecule has 4 N–H and O–H groups in total. The molecule has 406 valence electrons. The van der Waals surface area contributed by atoms with Gasteiger partial charge in [-0.3, -0.25) is 38.4 Å². The summed E-state index contributed by atoms with van der Waals surface area (Å²) in [7, 11) is 0. The molecule has 0 saturated heterocycles. The molecule has 14 unspecified atom stereocenters. The van der Waals surface area contributed by atoms with Crippen molar-refractivity contribution < 1.29 is 87.2 Å². The number of carbonyl (C=O) groups is 8. The van der Waals surface area contributed by atoms with Gasteiger partial charge >= 0.3 is 23.9 Å². The van der Waals surface area contributed by atoms with Crippen LogP contribution in [0.2, 0.25) is 0 Å². The maximum absolute atomic E-state index is 13.6. The summed E-state index contributed by atoms with van der Waals surface area (Å²) in [6.45, 7) is 6.60. The third-order valence-corrected chi connectivity index (χ3v) is 19.4. The fourth-order valence-electron chi connectivity index (χ4n) is 15.6. The first-order valence-electron chi connectivity index (χ1n) is 26.5. The lowest BCUT2D eigenvalue weighted by atomic mass is 9.46. The summed E-state index contributed by atoms with van der Waals surface area (Å²) in [4.78, 5) is 101. The van der Waals surface area contributed by atoms with Crippen molar-refractivity contribution in [1.29, 1.82) is 0 Å². The third-order valence-electron chi connectivity index (χ3n) is 19.4. The van der Waals surface area contributed by atoms with Gasteiger partial charge in [0.15, 0.2) is 24.8 Å². The molecular formula is C56H74O18. The van der Waals surface area contributed by atoms with E-state index in [4.69, 9.17) is 28.4 Å². The number of allylic oxidation sites excluding steroid dienone is 8. The van der Waals surface area contributed by atoms with Crippen molar-refractivity contribution >= 4 is 47.0 Å². The zero-order chi connectivity index (χ0) is 53.4. The number of ketones is 4. The topological polar surface area (TPSA) is 273 Å². The van der Waals surface area contributed by atoms with E-state index in [2.05, 4.69) is 13.8 Å². The third kappa shape index (κ3) is 10.2. The van der Waals surface area contributed by atoms with Gasteiger partial charge in [-0.2, -0.15) is 0 Å². The Kier molecular flexibility index (Phi) is 16.3. The van der Waals surface area contributed by atoms with E-state index >= 15 is 0 Å². The Morgan fingerprint density at radius 1 is 0.527 bits per heavy atom. The highest BCUT2D eigenvalue weighted by Crippen LogP contribution is 2.69. The summed E-state index contributed by atoms with van der Waals surface area (Å²) < 4.78 is 31.4. The number of rotatable bonds is 21. The minimum Gasteiger partial charge on any atom is -0.463 e. The van der Waals surface area contributed by atoms with E-state index < -0.39 is 93.7 Å². The molecule has 0 spiro atoms. The van der Waals surface area contributed by atoms with Crippen LogP contribution in [0, 0.1) is 57.2 Å². The van der Waals surface area contributed by atoms with Crippen LogP contribution in [0.1, 0.15) is 118 Å². The van der Waals surface area contributed by atoms with E-state index in [-0.39, 0.29) is 138 Å². The summed E-state index contributed by atoms with van der Waals surface area (Å²) in [5.74, 6) is -4.73. The van der Waals surface area contributed by atoms with Gasteiger partial charge in [-0.15, -0.1) is 0 Å². The molecule has 0 radical (unpaired) electrons. The second-order valence-corrected chi connectivity index (χ2v) is 23.1. The van der Waals surface area contributed by atoms with Crippen LogP contribution in [0.5, 0.6) is 0 Å². The zero-order valence-electron chi connectivity index (χ0n) is 43.1. The molecule has 8 aliphatic rings. The van der Waals surface area contributed by atoms with Gasteiger partial charge in [0.25, 0.3) is 0 Å². The minimum absolute atomic E-state index is 0.0255. The van der Waals surface area contributed by atoms with Crippen LogP contribution in [0.15, 0.2) is 47.6 Å². The molecule has 0 aromatic rings. The Hall–Kier alpha value is -4.72. The van der Waals surface area contributed by atoms with E-state index in [0.717, 1.165) is 24.0 Å². The molecular weight excluding hydrogens is 961 g/mol. The Labute approximate surface area is 431 Å². The van der Waals surface area contributed by atoms with Gasteiger partial charge in [0, 0.05) is 33.5 Å². The zero-order valence-corrected chi connectivity index (χ0v) is 43.1. The molecule has 8 rings (SSSR count). The summed E-state index contributed by atoms with van der Waals surface area (Å²) in [5.41, 5.74) is -4.44. The van der Waals surface area contributed by atoms with Crippen LogP contribution < -0.4 is 0 Å². The Morgan fingerprint density at radius 2 is 0.878 bits per heavy atom. The van der Waals surface area contributed by atoms with Gasteiger partial charge in [-0.25, -0.2) is 0 Å². The van der Waals surface area contributed by atoms with E-state index in [1.54, 1.807) is 24.3 Å². The maximum Gasteiger partial charge on any atom is 0.306 e. The van der Waals surface area contributed by atoms with E-state index in [9.17, 15) is 58.8 Å². The smallest absolute Gasteiger partial charge is 0.306 e. The molecule has 0 aromatic heterocycles. The molecule has 0 amide bonds. The van der Waals surface area contributed by atoms with E-state index in [1.165, 1.54) is 0 Å². The molecule has 18 nitrogen and oxygen atoms in total. The SMILES string of the molecule is CC12C=CC(=O)C=C1CCC1C2C(O)CC2(C)C1CCC2(O)C(=O)COC(=O)CCC(=O)OCCOCCOCCOC(=O)CCC(=O)OCC(=O)C1(O)CCC2C3CCC4=CC(=O)C=CC4(C)C3C(O)CC21C. The molecule has 0 bridgehead atoms. The molecule has 18 heteroatoms. The van der Waals surface area contributed by atoms with E-state index in [0.29, 0.717) is 25.7 Å². The number of ether oxygens (including phenoxy) is 6. The molecule has 0 heterocycles. The highest BCUT2D eigenvalue weighted by atomic mass is 16.6. The standard InChI is InChI=1S/C56H74O18/c1-51-17-13-35(57)27-33(51)5-7-37-39-15-19-55(67,53(39,3)29-41(59)49(37)51)43(61)31-73-47(65)11-9-45(63)71-25-23-69-21-22-70-24-26-72-46(64)10-12-48(66)74-32-44(62)56(68)20-16-40-38-8-6-34-28-36(58)14-18-52(34,2)50(38)42(60)30-54(40,56)4/h13-14,17-18,27-28,37-42,49-50,59-60,67-68H,5-12,15-16,19-26,29-32H2,1-4H3. The second-order valence-electron chi connectivity index (χ2n) is 23.1. The minimum atomic E-state index is -1.81. The van der Waals surface area contributed by atoms with Gasteiger partial charge in [0.1, 0.15) is 24.4 Å². The van der Waals surface area contributed by atoms with Crippen LogP contribution in [0.25, 0.3) is 0 Å². The number of carbonyl (C=O) groups excluding carboxylic acids is 8. The van der Waals surface area contributed by atoms with Crippen LogP contribution in [-0.2, 0) is 66.8 Å². The molecule has 14 atom stereocenters. The average Bonchev–Trinajstić information content (AvgIpc) is 3.81. The molecule has 0 aromatic carbocycles. The van der Waals surface area contributed by atoms with Gasteiger partial charge in [0.2, 0.25) is 11.6 Å². The number of aliphatic hydroxyl groups is 4. The fraction of sp³-hybridized carbons (Fsp3) is 0.714. The Balaban J connectivity index is 0.638. The predicted octanol–water partition coefficient (Wildman–Crippen LogP) is 3.91. The number of aliphatic hydroxyl groups excluding tert-OH is 2. The second kappa shape index (κ2) is 21.7. The monoisotopic (exact) mass is 1030 g/mol. The van der Waals surface area contributed by atoms with Crippen molar-refractivity contribution in [2.75, 3.05) is 52.9 Å². The van der Waals surface area contributed by atoms with E-state index in [1.807, 2.05) is 26.0 Å². The molecule has 74 heavy (non-hydrogen) atoms. The molecule has 8 aliphatic carbocycles. The number of esters is 4. The lowest BCUT2D eigenvalue weighted by Gasteiger charge is -2.59. The van der Waals surface area contributed by atoms with Crippen molar-refractivity contribution in [1.82, 2.24) is 0 Å². The van der Waals surface area contributed by atoms with Crippen molar-refractivity contribution in [3.05, 3.63) is 47.6 Å². The molecule has 0 aliphatic heterocycles. The summed E-state index contributed by atoms with van der Waals surface area (Å²) in [5, 5.41) is 47.0. The van der Waals surface area contributed by atoms with Crippen LogP contribution in [-0.4, -0.2) is 144 Å². The quantitative estimate of drug-likeness (QED) is 0.0721. The van der Waals surface area contributed by atoms with Crippen LogP contribution in [0.4, 0.5) is 0 Å². The normalized spacial score (nSPS) is 38.4. The molecule has 6 fully saturated rings. The van der Waals surface area contributed by atoms with Crippen molar-refractivity contribution in [3.63, 3.8) is 0 Å². The molecule has 6 saturated carbocycles. The number of Topliss-reactive ketones (excluding diaryl/α,β-unsaturated/α-hetero) is 2. The van der Waals surface area contributed by atoms with Gasteiger partial charge in [-0.1, -0.05) is 51.0 Å². The van der Waals surface area contributed by atoms with Crippen molar-refractivity contribution in [2.45, 2.75) is 141 Å². The average molecular weight is 1040 g/mol. The van der Waals surface area contributed by atoms with Crippen molar-refractivity contribution in [2.24, 2.45) is 57.2 Å². The Bertz CT molecular complexity index is 2220. The number of hydrogen-bond donors (Lipinski definition) is 4. The lowest BCUT2D eigenvalue weighted by molar-refractivity contribution is -0.181. The first-order chi connectivity index (χ1) is 35.0. The summed E-state index contributed by atoms with van der Waals surface area (Å²) in [6.07, 6.45) is 12.1. The van der Waals surface area contributed by atoms with Gasteiger partial charge in [0.05, 0.1) is 64.3 Å². The van der Waals surface area contributed by atoms with Crippen LogP contribution in [0.3, 0.4) is 0 Å². The number of hydrogen-bond acceptors (Lipinski definition) is 18. The fourth-order valence-corrected chi connectivity index (χ4v) is 15.6. The van der Waals surface area contributed by atoms with Crippen molar-refractivity contribution in [3.8, 4) is 0 Å². The highest BCUT2D eigenvalue weighted by molar-refractivity contribution is 6.02. The lowest BCUT2D eigenvalue weighted by Crippen LogP contribution is -2.61. The first-order valence-corrected chi connectivity index (χ1v) is 26.5. The predicted molar refractivity (Wildman–Crippen MR) is 260 cm³/mol. The van der Waals surface area contributed by atoms with Gasteiger partial charge < -0.3 is 48.8 Å². The van der Waals surface area contributed by atoms with Gasteiger partial charge in [-0.05, 0) is 112 Å². The number of fused-ring (bicyclic) bond motifs is 10. The largest absolute Gasteiger partial charge is 0.463 e.